The van der Waals surface area contributed by atoms with Crippen LogP contribution in [0.15, 0.2) is 47.4 Å². The van der Waals surface area contributed by atoms with Crippen LogP contribution in [0.25, 0.3) is 0 Å². The van der Waals surface area contributed by atoms with Crippen LogP contribution in [0.3, 0.4) is 0 Å². The number of halogens is 1. The van der Waals surface area contributed by atoms with Gasteiger partial charge < -0.3 is 5.11 Å². The van der Waals surface area contributed by atoms with Crippen LogP contribution in [0.1, 0.15) is 17.2 Å². The van der Waals surface area contributed by atoms with Gasteiger partial charge in [0.25, 0.3) is 10.0 Å². The van der Waals surface area contributed by atoms with Gasteiger partial charge in [-0.2, -0.15) is 0 Å². The van der Waals surface area contributed by atoms with Gasteiger partial charge in [0.05, 0.1) is 10.6 Å². The first-order valence-electron chi connectivity index (χ1n) is 5.98. The molecule has 1 aliphatic rings. The molecule has 1 aliphatic heterocycles. The molecule has 0 spiro atoms. The first-order valence-corrected chi connectivity index (χ1v) is 7.80. The zero-order valence-electron chi connectivity index (χ0n) is 10.6. The van der Waals surface area contributed by atoms with E-state index in [1.807, 2.05) is 0 Å². The highest BCUT2D eigenvalue weighted by Gasteiger charge is 2.34. The quantitative estimate of drug-likeness (QED) is 0.813. The summed E-state index contributed by atoms with van der Waals surface area (Å²) in [5, 5.41) is 10.8. The molecule has 104 valence electrons. The summed E-state index contributed by atoms with van der Waals surface area (Å²) in [6, 6.07) is 11.4. The SMILES string of the molecule is CN1c2ccccc2C(O)c2ccc(Cl)cc2S1(=O)=O. The molecular weight excluding hydrogens is 298 g/mol. The Morgan fingerprint density at radius 2 is 1.85 bits per heavy atom. The summed E-state index contributed by atoms with van der Waals surface area (Å²) in [5.74, 6) is 0. The Labute approximate surface area is 122 Å². The molecule has 1 atom stereocenters. The highest BCUT2D eigenvalue weighted by molar-refractivity contribution is 7.92. The zero-order chi connectivity index (χ0) is 14.5. The van der Waals surface area contributed by atoms with Gasteiger partial charge in [0.1, 0.15) is 6.10 Å². The van der Waals surface area contributed by atoms with Crippen LogP contribution >= 0.6 is 11.6 Å². The average molecular weight is 310 g/mol. The zero-order valence-corrected chi connectivity index (χ0v) is 12.2. The Balaban J connectivity index is 2.41. The van der Waals surface area contributed by atoms with Gasteiger partial charge in [-0.25, -0.2) is 8.42 Å². The highest BCUT2D eigenvalue weighted by Crippen LogP contribution is 2.40. The van der Waals surface area contributed by atoms with Crippen molar-refractivity contribution >= 4 is 27.3 Å². The molecule has 1 N–H and O–H groups in total. The van der Waals surface area contributed by atoms with E-state index in [-0.39, 0.29) is 4.90 Å². The van der Waals surface area contributed by atoms with E-state index in [0.29, 0.717) is 21.8 Å². The minimum absolute atomic E-state index is 0.0381. The molecule has 0 fully saturated rings. The van der Waals surface area contributed by atoms with Crippen molar-refractivity contribution in [3.63, 3.8) is 0 Å². The molecular formula is C14H12ClNO3S. The summed E-state index contributed by atoms with van der Waals surface area (Å²) in [6.07, 6.45) is -1.00. The van der Waals surface area contributed by atoms with Crippen LogP contribution in [0.2, 0.25) is 5.02 Å². The Morgan fingerprint density at radius 3 is 2.60 bits per heavy atom. The number of benzene rings is 2. The van der Waals surface area contributed by atoms with Crippen molar-refractivity contribution in [3.8, 4) is 0 Å². The van der Waals surface area contributed by atoms with Gasteiger partial charge in [0.15, 0.2) is 0 Å². The van der Waals surface area contributed by atoms with E-state index >= 15 is 0 Å². The maximum Gasteiger partial charge on any atom is 0.264 e. The van der Waals surface area contributed by atoms with Crippen molar-refractivity contribution in [2.75, 3.05) is 11.4 Å². The van der Waals surface area contributed by atoms with Gasteiger partial charge >= 0.3 is 0 Å². The van der Waals surface area contributed by atoms with E-state index in [0.717, 1.165) is 0 Å². The maximum absolute atomic E-state index is 12.6. The summed E-state index contributed by atoms with van der Waals surface area (Å²) in [5.41, 5.74) is 1.36. The number of rotatable bonds is 0. The number of hydrogen-bond acceptors (Lipinski definition) is 3. The second-order valence-electron chi connectivity index (χ2n) is 4.62. The van der Waals surface area contributed by atoms with E-state index in [2.05, 4.69) is 0 Å². The number of fused-ring (bicyclic) bond motifs is 2. The smallest absolute Gasteiger partial charge is 0.264 e. The Hall–Kier alpha value is -1.56. The minimum atomic E-state index is -3.74. The predicted octanol–water partition coefficient (Wildman–Crippen LogP) is 2.56. The van der Waals surface area contributed by atoms with Gasteiger partial charge in [0.2, 0.25) is 0 Å². The fourth-order valence-corrected chi connectivity index (χ4v) is 4.12. The lowest BCUT2D eigenvalue weighted by atomic mass is 10.00. The van der Waals surface area contributed by atoms with E-state index < -0.39 is 16.1 Å². The molecule has 2 aromatic rings. The molecule has 0 bridgehead atoms. The first-order chi connectivity index (χ1) is 9.43. The molecule has 20 heavy (non-hydrogen) atoms. The van der Waals surface area contributed by atoms with Crippen LogP contribution in [0, 0.1) is 0 Å². The van der Waals surface area contributed by atoms with Crippen molar-refractivity contribution in [2.45, 2.75) is 11.0 Å². The molecule has 0 saturated heterocycles. The lowest BCUT2D eigenvalue weighted by Gasteiger charge is -2.19. The molecule has 0 amide bonds. The third-order valence-electron chi connectivity index (χ3n) is 3.48. The van der Waals surface area contributed by atoms with Crippen LogP contribution in [0.5, 0.6) is 0 Å². The largest absolute Gasteiger partial charge is 0.384 e. The predicted molar refractivity (Wildman–Crippen MR) is 77.5 cm³/mol. The molecule has 0 aliphatic carbocycles. The fraction of sp³-hybridized carbons (Fsp3) is 0.143. The molecule has 0 saturated carbocycles. The third-order valence-corrected chi connectivity index (χ3v) is 5.54. The van der Waals surface area contributed by atoms with Crippen LogP contribution in [-0.2, 0) is 10.0 Å². The van der Waals surface area contributed by atoms with E-state index in [1.54, 1.807) is 36.4 Å². The number of aliphatic hydroxyl groups is 1. The van der Waals surface area contributed by atoms with Crippen molar-refractivity contribution in [3.05, 3.63) is 58.6 Å². The summed E-state index contributed by atoms with van der Waals surface area (Å²) < 4.78 is 26.5. The van der Waals surface area contributed by atoms with Gasteiger partial charge in [-0.3, -0.25) is 4.31 Å². The van der Waals surface area contributed by atoms with Crippen LogP contribution in [0.4, 0.5) is 5.69 Å². The van der Waals surface area contributed by atoms with Gasteiger partial charge in [-0.05, 0) is 18.2 Å². The monoisotopic (exact) mass is 309 g/mol. The van der Waals surface area contributed by atoms with Gasteiger partial charge in [-0.1, -0.05) is 35.9 Å². The summed E-state index contributed by atoms with van der Waals surface area (Å²) in [7, 11) is -2.27. The molecule has 0 aromatic heterocycles. The Bertz CT molecular complexity index is 789. The fourth-order valence-electron chi connectivity index (χ4n) is 2.41. The second-order valence-corrected chi connectivity index (χ2v) is 6.99. The average Bonchev–Trinajstić information content (AvgIpc) is 2.50. The van der Waals surface area contributed by atoms with Gasteiger partial charge in [0, 0.05) is 23.2 Å². The van der Waals surface area contributed by atoms with Crippen molar-refractivity contribution in [1.29, 1.82) is 0 Å². The number of hydrogen-bond donors (Lipinski definition) is 1. The van der Waals surface area contributed by atoms with Crippen molar-refractivity contribution < 1.29 is 13.5 Å². The van der Waals surface area contributed by atoms with Gasteiger partial charge in [-0.15, -0.1) is 0 Å². The standard InChI is InChI=1S/C14H12ClNO3S/c1-16-12-5-3-2-4-10(12)14(17)11-7-6-9(15)8-13(11)20(16,18)19/h2-8,14,17H,1H3. The molecule has 1 unspecified atom stereocenters. The second kappa shape index (κ2) is 4.48. The molecule has 0 radical (unpaired) electrons. The number of anilines is 1. The highest BCUT2D eigenvalue weighted by atomic mass is 35.5. The van der Waals surface area contributed by atoms with E-state index in [9.17, 15) is 13.5 Å². The van der Waals surface area contributed by atoms with E-state index in [1.165, 1.54) is 17.4 Å². The number of para-hydroxylation sites is 1. The Morgan fingerprint density at radius 1 is 1.15 bits per heavy atom. The summed E-state index contributed by atoms with van der Waals surface area (Å²) in [6.45, 7) is 0. The third kappa shape index (κ3) is 1.82. The molecule has 2 aromatic carbocycles. The molecule has 4 nitrogen and oxygen atoms in total. The van der Waals surface area contributed by atoms with E-state index in [4.69, 9.17) is 11.6 Å². The molecule has 3 rings (SSSR count). The van der Waals surface area contributed by atoms with Crippen molar-refractivity contribution in [2.24, 2.45) is 0 Å². The van der Waals surface area contributed by atoms with Crippen LogP contribution < -0.4 is 4.31 Å². The molecule has 1 heterocycles. The lowest BCUT2D eigenvalue weighted by Crippen LogP contribution is -2.26. The number of aliphatic hydroxyl groups excluding tert-OH is 1. The number of nitrogens with zero attached hydrogens (tertiary/aromatic N) is 1. The normalized spacial score (nSPS) is 19.9. The first kappa shape index (κ1) is 13.4. The maximum atomic E-state index is 12.6. The summed E-state index contributed by atoms with van der Waals surface area (Å²) in [4.78, 5) is 0.0381. The van der Waals surface area contributed by atoms with Crippen LogP contribution in [-0.4, -0.2) is 20.6 Å². The Kier molecular flexibility index (Phi) is 3.01. The molecule has 6 heteroatoms. The minimum Gasteiger partial charge on any atom is -0.384 e. The summed E-state index contributed by atoms with van der Waals surface area (Å²) >= 11 is 5.90. The van der Waals surface area contributed by atoms with Crippen molar-refractivity contribution in [1.82, 2.24) is 0 Å². The lowest BCUT2D eigenvalue weighted by molar-refractivity contribution is 0.218. The number of sulfonamides is 1. The topological polar surface area (TPSA) is 57.6 Å².